The molecule has 0 saturated heterocycles. The molecular weight excluding hydrogens is 227 g/mol. The van der Waals surface area contributed by atoms with E-state index < -0.39 is 12.1 Å². The van der Waals surface area contributed by atoms with Crippen LogP contribution < -0.4 is 0 Å². The molecule has 4 nitrogen and oxygen atoms in total. The Labute approximate surface area is 59.9 Å². The highest BCUT2D eigenvalue weighted by atomic mass is 127. The number of hydrogen-bond acceptors (Lipinski definition) is 4. The maximum atomic E-state index is 8.44. The van der Waals surface area contributed by atoms with Crippen LogP contribution in [0.5, 0.6) is 0 Å². The highest BCUT2D eigenvalue weighted by molar-refractivity contribution is 14.1. The number of halogens is 1. The molecule has 0 aromatic heterocycles. The summed E-state index contributed by atoms with van der Waals surface area (Å²) in [4.78, 5) is 0. The van der Waals surface area contributed by atoms with Crippen LogP contribution in [0.25, 0.3) is 0 Å². The predicted molar refractivity (Wildman–Crippen MR) is 34.3 cm³/mol. The summed E-state index contributed by atoms with van der Waals surface area (Å²) in [5.74, 6) is -2.94. The average Bonchev–Trinajstić information content (AvgIpc) is 1.62. The fourth-order valence-electron chi connectivity index (χ4n) is 0.104. The first-order valence-corrected chi connectivity index (χ1v) is 3.42. The number of hydrogen-bond donors (Lipinski definition) is 4. The fourth-order valence-corrected chi connectivity index (χ4v) is 0.694. The summed E-state index contributed by atoms with van der Waals surface area (Å²) in [5.41, 5.74) is 0. The molecule has 0 heterocycles. The Balaban J connectivity index is 3.62. The van der Waals surface area contributed by atoms with Crippen molar-refractivity contribution in [2.24, 2.45) is 0 Å². The molecule has 5 heteroatoms. The zero-order chi connectivity index (χ0) is 6.78. The number of aliphatic hydroxyl groups is 4. The van der Waals surface area contributed by atoms with Crippen molar-refractivity contribution < 1.29 is 20.4 Å². The van der Waals surface area contributed by atoms with Crippen molar-refractivity contribution >= 4 is 22.6 Å². The van der Waals surface area contributed by atoms with Crippen LogP contribution in [0.15, 0.2) is 0 Å². The highest BCUT2D eigenvalue weighted by Gasteiger charge is 2.28. The van der Waals surface area contributed by atoms with Crippen LogP contribution >= 0.6 is 22.6 Å². The maximum Gasteiger partial charge on any atom is 0.303 e. The van der Waals surface area contributed by atoms with Crippen LogP contribution in [-0.4, -0.2) is 36.9 Å². The van der Waals surface area contributed by atoms with Crippen LogP contribution in [0.2, 0.25) is 0 Å². The summed E-state index contributed by atoms with van der Waals surface area (Å²) in [5, 5.41) is 32.9. The molecule has 0 rings (SSSR count). The van der Waals surface area contributed by atoms with E-state index in [-0.39, 0.29) is 4.43 Å². The molecule has 0 bridgehead atoms. The van der Waals surface area contributed by atoms with Crippen molar-refractivity contribution in [2.45, 2.75) is 12.1 Å². The van der Waals surface area contributed by atoms with Crippen LogP contribution in [0.3, 0.4) is 0 Å². The second kappa shape index (κ2) is 2.92. The van der Waals surface area contributed by atoms with Gasteiger partial charge in [0.15, 0.2) is 0 Å². The van der Waals surface area contributed by atoms with Gasteiger partial charge in [-0.1, -0.05) is 22.6 Å². The normalized spacial score (nSPS) is 16.1. The van der Waals surface area contributed by atoms with E-state index in [0.717, 1.165) is 0 Å². The molecule has 0 aliphatic heterocycles. The summed E-state index contributed by atoms with van der Waals surface area (Å²) in [6, 6.07) is 0. The van der Waals surface area contributed by atoms with Crippen molar-refractivity contribution in [1.29, 1.82) is 0 Å². The first-order valence-electron chi connectivity index (χ1n) is 1.89. The Morgan fingerprint density at radius 3 is 1.75 bits per heavy atom. The molecule has 50 valence electrons. The van der Waals surface area contributed by atoms with Crippen molar-refractivity contribution in [3.8, 4) is 0 Å². The topological polar surface area (TPSA) is 80.9 Å². The molecule has 8 heavy (non-hydrogen) atoms. The molecule has 0 aromatic rings. The van der Waals surface area contributed by atoms with Gasteiger partial charge in [-0.15, -0.1) is 0 Å². The predicted octanol–water partition coefficient (Wildman–Crippen LogP) is -1.59. The number of rotatable bonds is 2. The minimum atomic E-state index is -2.94. The smallest absolute Gasteiger partial charge is 0.303 e. The fraction of sp³-hybridized carbons (Fsp3) is 1.00. The van der Waals surface area contributed by atoms with Gasteiger partial charge in [-0.3, -0.25) is 0 Å². The first-order chi connectivity index (χ1) is 3.48. The molecule has 1 atom stereocenters. The highest BCUT2D eigenvalue weighted by Crippen LogP contribution is 2.03. The third-order valence-corrected chi connectivity index (χ3v) is 1.43. The molecule has 0 aromatic carbocycles. The zero-order valence-corrected chi connectivity index (χ0v) is 6.11. The lowest BCUT2D eigenvalue weighted by Crippen LogP contribution is -2.42. The molecule has 4 N–H and O–H groups in total. The van der Waals surface area contributed by atoms with Gasteiger partial charge in [-0.05, 0) is 0 Å². The van der Waals surface area contributed by atoms with E-state index >= 15 is 0 Å². The Morgan fingerprint density at radius 1 is 1.38 bits per heavy atom. The van der Waals surface area contributed by atoms with Gasteiger partial charge in [-0.25, -0.2) is 0 Å². The van der Waals surface area contributed by atoms with Gasteiger partial charge in [0, 0.05) is 4.43 Å². The Morgan fingerprint density at radius 2 is 1.75 bits per heavy atom. The minimum absolute atomic E-state index is 0.0707. The minimum Gasteiger partial charge on any atom is -0.384 e. The third kappa shape index (κ3) is 2.78. The van der Waals surface area contributed by atoms with Crippen molar-refractivity contribution in [1.82, 2.24) is 0 Å². The standard InChI is InChI=1S/C3H7IO4/c4-1-2(5)3(6,7)8/h2,5-8H,1H2. The van der Waals surface area contributed by atoms with Gasteiger partial charge in [-0.2, -0.15) is 0 Å². The quantitative estimate of drug-likeness (QED) is 0.264. The maximum absolute atomic E-state index is 8.44. The Hall–Kier alpha value is 0.570. The van der Waals surface area contributed by atoms with Crippen molar-refractivity contribution in [2.75, 3.05) is 4.43 Å². The van der Waals surface area contributed by atoms with Gasteiger partial charge in [0.05, 0.1) is 0 Å². The summed E-state index contributed by atoms with van der Waals surface area (Å²) < 4.78 is 0.0707. The van der Waals surface area contributed by atoms with Crippen LogP contribution in [0, 0.1) is 0 Å². The van der Waals surface area contributed by atoms with Gasteiger partial charge >= 0.3 is 5.97 Å². The molecule has 0 aliphatic carbocycles. The molecule has 0 aliphatic rings. The van der Waals surface area contributed by atoms with E-state index in [1.807, 2.05) is 0 Å². The van der Waals surface area contributed by atoms with Gasteiger partial charge in [0.25, 0.3) is 0 Å². The summed E-state index contributed by atoms with van der Waals surface area (Å²) in [6.45, 7) is 0. The van der Waals surface area contributed by atoms with Crippen molar-refractivity contribution in [3.63, 3.8) is 0 Å². The molecule has 0 radical (unpaired) electrons. The molecule has 0 saturated carbocycles. The number of alkyl halides is 1. The largest absolute Gasteiger partial charge is 0.384 e. The second-order valence-corrected chi connectivity index (χ2v) is 2.24. The average molecular weight is 234 g/mol. The van der Waals surface area contributed by atoms with Gasteiger partial charge in [0.2, 0.25) is 0 Å². The van der Waals surface area contributed by atoms with Crippen LogP contribution in [0.4, 0.5) is 0 Å². The van der Waals surface area contributed by atoms with Gasteiger partial charge < -0.3 is 20.4 Å². The lowest BCUT2D eigenvalue weighted by atomic mass is 10.3. The first kappa shape index (κ1) is 8.57. The summed E-state index contributed by atoms with van der Waals surface area (Å²) >= 11 is 1.71. The molecule has 0 fully saturated rings. The lowest BCUT2D eigenvalue weighted by molar-refractivity contribution is -0.349. The number of aliphatic hydroxyl groups excluding tert-OH is 1. The van der Waals surface area contributed by atoms with E-state index in [9.17, 15) is 0 Å². The molecular formula is C3H7IO4. The Bertz CT molecular complexity index is 68.2. The SMILES string of the molecule is OC(CI)C(O)(O)O. The monoisotopic (exact) mass is 234 g/mol. The molecule has 0 spiro atoms. The lowest BCUT2D eigenvalue weighted by Gasteiger charge is -2.17. The molecule has 0 amide bonds. The molecule has 1 unspecified atom stereocenters. The van der Waals surface area contributed by atoms with Crippen LogP contribution in [-0.2, 0) is 0 Å². The third-order valence-electron chi connectivity index (χ3n) is 0.593. The van der Waals surface area contributed by atoms with E-state index in [2.05, 4.69) is 0 Å². The van der Waals surface area contributed by atoms with E-state index in [4.69, 9.17) is 20.4 Å². The Kier molecular flexibility index (Phi) is 3.13. The summed E-state index contributed by atoms with van der Waals surface area (Å²) in [7, 11) is 0. The second-order valence-electron chi connectivity index (χ2n) is 1.36. The summed E-state index contributed by atoms with van der Waals surface area (Å²) in [6.07, 6.45) is -1.50. The van der Waals surface area contributed by atoms with E-state index in [1.165, 1.54) is 0 Å². The van der Waals surface area contributed by atoms with E-state index in [1.54, 1.807) is 22.6 Å². The zero-order valence-electron chi connectivity index (χ0n) is 3.95. The van der Waals surface area contributed by atoms with E-state index in [0.29, 0.717) is 0 Å². The van der Waals surface area contributed by atoms with Gasteiger partial charge in [0.1, 0.15) is 6.10 Å². The van der Waals surface area contributed by atoms with Crippen molar-refractivity contribution in [3.05, 3.63) is 0 Å². The van der Waals surface area contributed by atoms with Crippen LogP contribution in [0.1, 0.15) is 0 Å².